The Morgan fingerprint density at radius 3 is 2.53 bits per heavy atom. The Hall–Kier alpha value is -0.600. The standard InChI is InChI=1S/C14H21ClFN/c1-5-9-17-13(14(2,3)4)10-7-6-8-11(16)12(10)15/h6-8,13,17H,5,9H2,1-4H3. The first-order chi connectivity index (χ1) is 7.88. The molecule has 1 unspecified atom stereocenters. The van der Waals surface area contributed by atoms with Crippen LogP contribution in [0.25, 0.3) is 0 Å². The molecule has 0 radical (unpaired) electrons. The molecule has 3 heteroatoms. The first-order valence-electron chi connectivity index (χ1n) is 6.05. The Balaban J connectivity index is 3.09. The third-order valence-corrected chi connectivity index (χ3v) is 3.16. The molecule has 96 valence electrons. The molecule has 1 rings (SSSR count). The van der Waals surface area contributed by atoms with Gasteiger partial charge in [-0.25, -0.2) is 4.39 Å². The molecule has 1 aromatic rings. The number of rotatable bonds is 4. The van der Waals surface area contributed by atoms with Gasteiger partial charge in [0, 0.05) is 6.04 Å². The number of nitrogens with one attached hydrogen (secondary N) is 1. The van der Waals surface area contributed by atoms with Crippen molar-refractivity contribution in [3.8, 4) is 0 Å². The molecule has 0 heterocycles. The summed E-state index contributed by atoms with van der Waals surface area (Å²) in [6.07, 6.45) is 1.04. The van der Waals surface area contributed by atoms with E-state index in [0.717, 1.165) is 18.5 Å². The average molecular weight is 258 g/mol. The van der Waals surface area contributed by atoms with Crippen LogP contribution >= 0.6 is 11.6 Å². The zero-order valence-corrected chi connectivity index (χ0v) is 11.7. The summed E-state index contributed by atoms with van der Waals surface area (Å²) < 4.78 is 13.5. The maximum Gasteiger partial charge on any atom is 0.142 e. The van der Waals surface area contributed by atoms with Crippen molar-refractivity contribution in [2.24, 2.45) is 5.41 Å². The molecule has 1 nitrogen and oxygen atoms in total. The highest BCUT2D eigenvalue weighted by atomic mass is 35.5. The first-order valence-corrected chi connectivity index (χ1v) is 6.43. The molecule has 0 spiro atoms. The second kappa shape index (κ2) is 5.83. The molecule has 0 aliphatic rings. The van der Waals surface area contributed by atoms with Gasteiger partial charge < -0.3 is 5.32 Å². The second-order valence-electron chi connectivity index (χ2n) is 5.40. The Morgan fingerprint density at radius 2 is 2.00 bits per heavy atom. The predicted octanol–water partition coefficient (Wildman–Crippen LogP) is 4.57. The summed E-state index contributed by atoms with van der Waals surface area (Å²) in [6, 6.07) is 5.06. The van der Waals surface area contributed by atoms with Crippen LogP contribution in [0.5, 0.6) is 0 Å². The number of benzene rings is 1. The largest absolute Gasteiger partial charge is 0.309 e. The average Bonchev–Trinajstić information content (AvgIpc) is 2.22. The molecule has 17 heavy (non-hydrogen) atoms. The third kappa shape index (κ3) is 3.68. The SMILES string of the molecule is CCCNC(c1cccc(F)c1Cl)C(C)(C)C. The highest BCUT2D eigenvalue weighted by Gasteiger charge is 2.28. The van der Waals surface area contributed by atoms with E-state index in [0.29, 0.717) is 0 Å². The number of halogens is 2. The zero-order chi connectivity index (χ0) is 13.1. The minimum Gasteiger partial charge on any atom is -0.309 e. The molecule has 0 saturated heterocycles. The summed E-state index contributed by atoms with van der Waals surface area (Å²) in [4.78, 5) is 0. The lowest BCUT2D eigenvalue weighted by Gasteiger charge is -2.32. The van der Waals surface area contributed by atoms with Crippen LogP contribution < -0.4 is 5.32 Å². The minimum absolute atomic E-state index is 0.00734. The van der Waals surface area contributed by atoms with E-state index in [4.69, 9.17) is 11.6 Å². The fourth-order valence-corrected chi connectivity index (χ4v) is 2.15. The Kier molecular flexibility index (Phi) is 4.96. The van der Waals surface area contributed by atoms with Crippen molar-refractivity contribution in [2.75, 3.05) is 6.54 Å². The second-order valence-corrected chi connectivity index (χ2v) is 5.77. The molecule has 1 atom stereocenters. The molecule has 1 aromatic carbocycles. The van der Waals surface area contributed by atoms with Crippen LogP contribution in [0.1, 0.15) is 45.7 Å². The normalized spacial score (nSPS) is 13.8. The molecule has 0 aromatic heterocycles. The lowest BCUT2D eigenvalue weighted by Crippen LogP contribution is -2.33. The van der Waals surface area contributed by atoms with Crippen molar-refractivity contribution in [1.29, 1.82) is 0 Å². The highest BCUT2D eigenvalue weighted by molar-refractivity contribution is 6.31. The molecule has 1 N–H and O–H groups in total. The van der Waals surface area contributed by atoms with Crippen molar-refractivity contribution in [1.82, 2.24) is 5.32 Å². The molecule has 0 bridgehead atoms. The van der Waals surface area contributed by atoms with Gasteiger partial charge in [0.25, 0.3) is 0 Å². The summed E-state index contributed by atoms with van der Waals surface area (Å²) in [5, 5.41) is 3.68. The van der Waals surface area contributed by atoms with Crippen LogP contribution in [0.2, 0.25) is 5.02 Å². The number of hydrogen-bond acceptors (Lipinski definition) is 1. The monoisotopic (exact) mass is 257 g/mol. The smallest absolute Gasteiger partial charge is 0.142 e. The Morgan fingerprint density at radius 1 is 1.35 bits per heavy atom. The van der Waals surface area contributed by atoms with Gasteiger partial charge in [0.15, 0.2) is 0 Å². The van der Waals surface area contributed by atoms with E-state index in [2.05, 4.69) is 33.0 Å². The van der Waals surface area contributed by atoms with E-state index in [-0.39, 0.29) is 22.3 Å². The molecule has 0 amide bonds. The summed E-state index contributed by atoms with van der Waals surface area (Å²) in [6.45, 7) is 9.39. The van der Waals surface area contributed by atoms with Crippen LogP contribution in [0.15, 0.2) is 18.2 Å². The van der Waals surface area contributed by atoms with E-state index in [1.165, 1.54) is 6.07 Å². The summed E-state index contributed by atoms with van der Waals surface area (Å²) in [7, 11) is 0. The molecule has 0 aliphatic heterocycles. The van der Waals surface area contributed by atoms with Crippen LogP contribution in [-0.2, 0) is 0 Å². The molecule has 0 aliphatic carbocycles. The molecular weight excluding hydrogens is 237 g/mol. The number of hydrogen-bond donors (Lipinski definition) is 1. The molecule has 0 saturated carbocycles. The van der Waals surface area contributed by atoms with Gasteiger partial charge >= 0.3 is 0 Å². The fraction of sp³-hybridized carbons (Fsp3) is 0.571. The van der Waals surface area contributed by atoms with Gasteiger partial charge in [-0.3, -0.25) is 0 Å². The van der Waals surface area contributed by atoms with Crippen molar-refractivity contribution in [2.45, 2.75) is 40.2 Å². The van der Waals surface area contributed by atoms with E-state index >= 15 is 0 Å². The zero-order valence-electron chi connectivity index (χ0n) is 11.0. The quantitative estimate of drug-likeness (QED) is 0.833. The van der Waals surface area contributed by atoms with Crippen LogP contribution in [0, 0.1) is 11.2 Å². The summed E-state index contributed by atoms with van der Waals surface area (Å²) in [5.41, 5.74) is 0.833. The fourth-order valence-electron chi connectivity index (χ4n) is 1.91. The first kappa shape index (κ1) is 14.5. The van der Waals surface area contributed by atoms with Gasteiger partial charge in [0.2, 0.25) is 0 Å². The van der Waals surface area contributed by atoms with Crippen molar-refractivity contribution in [3.63, 3.8) is 0 Å². The van der Waals surface area contributed by atoms with Crippen LogP contribution in [0.3, 0.4) is 0 Å². The van der Waals surface area contributed by atoms with Gasteiger partial charge in [0.05, 0.1) is 5.02 Å². The van der Waals surface area contributed by atoms with Gasteiger partial charge in [-0.15, -0.1) is 0 Å². The van der Waals surface area contributed by atoms with E-state index in [1.54, 1.807) is 6.07 Å². The summed E-state index contributed by atoms with van der Waals surface area (Å²) >= 11 is 6.06. The van der Waals surface area contributed by atoms with Gasteiger partial charge in [-0.05, 0) is 30.0 Å². The maximum atomic E-state index is 13.5. The predicted molar refractivity (Wildman–Crippen MR) is 71.9 cm³/mol. The molecule has 0 fully saturated rings. The van der Waals surface area contributed by atoms with Crippen LogP contribution in [-0.4, -0.2) is 6.54 Å². The van der Waals surface area contributed by atoms with E-state index < -0.39 is 0 Å². The van der Waals surface area contributed by atoms with Gasteiger partial charge in [-0.2, -0.15) is 0 Å². The van der Waals surface area contributed by atoms with Crippen molar-refractivity contribution < 1.29 is 4.39 Å². The lowest BCUT2D eigenvalue weighted by atomic mass is 9.82. The minimum atomic E-state index is -0.350. The lowest BCUT2D eigenvalue weighted by molar-refractivity contribution is 0.273. The van der Waals surface area contributed by atoms with E-state index in [9.17, 15) is 4.39 Å². The summed E-state index contributed by atoms with van der Waals surface area (Å²) in [5.74, 6) is -0.350. The van der Waals surface area contributed by atoms with Crippen molar-refractivity contribution >= 4 is 11.6 Å². The Labute approximate surface area is 108 Å². The molecular formula is C14H21ClFN. The van der Waals surface area contributed by atoms with Crippen LogP contribution in [0.4, 0.5) is 4.39 Å². The van der Waals surface area contributed by atoms with Gasteiger partial charge in [0.1, 0.15) is 5.82 Å². The highest BCUT2D eigenvalue weighted by Crippen LogP contribution is 2.37. The van der Waals surface area contributed by atoms with Crippen molar-refractivity contribution in [3.05, 3.63) is 34.6 Å². The van der Waals surface area contributed by atoms with E-state index in [1.807, 2.05) is 6.07 Å². The maximum absolute atomic E-state index is 13.5. The van der Waals surface area contributed by atoms with Gasteiger partial charge in [-0.1, -0.05) is 51.4 Å². The Bertz CT molecular complexity index is 371. The topological polar surface area (TPSA) is 12.0 Å². The third-order valence-electron chi connectivity index (χ3n) is 2.76.